The molecule has 0 heterocycles. The molecule has 0 atom stereocenters. The Labute approximate surface area is 372 Å². The van der Waals surface area contributed by atoms with Crippen LogP contribution < -0.4 is 20.7 Å². The van der Waals surface area contributed by atoms with Crippen molar-refractivity contribution in [3.63, 3.8) is 0 Å². The van der Waals surface area contributed by atoms with E-state index >= 15 is 0 Å². The minimum Gasteiger partial charge on any atom is -0.311 e. The minimum atomic E-state index is 0.373. The van der Waals surface area contributed by atoms with Gasteiger partial charge in [0, 0.05) is 45.3 Å². The average Bonchev–Trinajstić information content (AvgIpc) is 3.35. The number of nitrogens with zero attached hydrogens (tertiary/aromatic N) is 4. The molecule has 2 aliphatic carbocycles. The molecule has 0 aliphatic heterocycles. The van der Waals surface area contributed by atoms with Crippen molar-refractivity contribution in [2.45, 2.75) is 0 Å². The molecule has 0 amide bonds. The number of benzene rings is 8. The first-order chi connectivity index (χ1) is 31.6. The number of hydrogen-bond acceptors (Lipinski definition) is 8. The third-order valence-corrected chi connectivity index (χ3v) is 11.3. The van der Waals surface area contributed by atoms with E-state index in [1.807, 2.05) is 97.1 Å². The molecule has 8 nitrogen and oxygen atoms in total. The first kappa shape index (κ1) is 39.3. The maximum absolute atomic E-state index is 8.47. The van der Waals surface area contributed by atoms with Crippen LogP contribution >= 0.6 is 0 Å². The molecule has 0 saturated carbocycles. The molecule has 8 aromatic rings. The van der Waals surface area contributed by atoms with E-state index in [-0.39, 0.29) is 0 Å². The topological polar surface area (TPSA) is 103 Å². The molecule has 2 aliphatic rings. The lowest BCUT2D eigenvalue weighted by Crippen LogP contribution is -2.18. The molecule has 4 N–H and O–H groups in total. The predicted molar refractivity (Wildman–Crippen MR) is 268 cm³/mol. The Morgan fingerprint density at radius 1 is 0.312 bits per heavy atom. The van der Waals surface area contributed by atoms with Crippen molar-refractivity contribution in [2.24, 2.45) is 10.2 Å². The first-order valence-corrected chi connectivity index (χ1v) is 21.1. The van der Waals surface area contributed by atoms with Gasteiger partial charge in [-0.3, -0.25) is 21.7 Å². The van der Waals surface area contributed by atoms with Crippen LogP contribution in [0.15, 0.2) is 229 Å². The fraction of sp³-hybridized carbons (Fsp3) is 0. The largest absolute Gasteiger partial charge is 0.311 e. The zero-order valence-corrected chi connectivity index (χ0v) is 34.7. The second kappa shape index (κ2) is 17.6. The van der Waals surface area contributed by atoms with E-state index in [9.17, 15) is 0 Å². The summed E-state index contributed by atoms with van der Waals surface area (Å²) < 4.78 is 0. The summed E-state index contributed by atoms with van der Waals surface area (Å²) >= 11 is 0. The number of rotatable bonds is 11. The molecule has 10 rings (SSSR count). The standard InChI is InChI=1S/C56H42N8/c57-53-37-23-41-11-7-9-17-51(41)55(53)61-59-43-25-33-49(34-26-43)63(45-13-3-1-4-14-45)47-29-19-39(20-30-47)40-21-31-48(32-22-40)64(46-15-5-2-6-16-46)50-35-27-44(28-36-50)60-62-56-52-18-10-8-12-42(52)24-38-54(56)58/h1-38,57-60H/b57-53?,58-54?,61-55-,62-56-. The molecule has 64 heavy (non-hydrogen) atoms. The second-order valence-corrected chi connectivity index (χ2v) is 15.3. The highest BCUT2D eigenvalue weighted by Crippen LogP contribution is 2.38. The number of fused-ring (bicyclic) bond motifs is 2. The highest BCUT2D eigenvalue weighted by Gasteiger charge is 2.19. The molecule has 8 heteroatoms. The van der Waals surface area contributed by atoms with Crippen LogP contribution in [0.3, 0.4) is 0 Å². The van der Waals surface area contributed by atoms with Crippen LogP contribution in [0.2, 0.25) is 0 Å². The van der Waals surface area contributed by atoms with Gasteiger partial charge in [0.2, 0.25) is 0 Å². The van der Waals surface area contributed by atoms with Gasteiger partial charge in [-0.1, -0.05) is 121 Å². The fourth-order valence-electron chi connectivity index (χ4n) is 8.02. The van der Waals surface area contributed by atoms with Crippen molar-refractivity contribution >= 4 is 80.5 Å². The molecular weight excluding hydrogens is 785 g/mol. The molecule has 0 unspecified atom stereocenters. The number of nitrogens with one attached hydrogen (secondary N) is 4. The van der Waals surface area contributed by atoms with Crippen LogP contribution in [0.1, 0.15) is 22.3 Å². The number of allylic oxidation sites excluding steroid dienone is 2. The van der Waals surface area contributed by atoms with Gasteiger partial charge in [0.05, 0.1) is 22.8 Å². The van der Waals surface area contributed by atoms with Gasteiger partial charge >= 0.3 is 0 Å². The van der Waals surface area contributed by atoms with Gasteiger partial charge in [0.15, 0.2) is 0 Å². The predicted octanol–water partition coefficient (Wildman–Crippen LogP) is 14.0. The first-order valence-electron chi connectivity index (χ1n) is 21.1. The Kier molecular flexibility index (Phi) is 10.8. The summed E-state index contributed by atoms with van der Waals surface area (Å²) in [6.07, 6.45) is 7.47. The Bertz CT molecular complexity index is 2880. The molecule has 0 aromatic heterocycles. The van der Waals surface area contributed by atoms with Crippen LogP contribution in [-0.4, -0.2) is 22.8 Å². The molecule has 0 spiro atoms. The summed E-state index contributed by atoms with van der Waals surface area (Å²) in [5.41, 5.74) is 22.4. The number of hydrazone groups is 2. The SMILES string of the molecule is N=C1C=Cc2ccccc2/C1=N/Nc1ccc(N(c2ccccc2)c2ccc(-c3ccc(N(c4ccccc4)c4ccc(N/N=C5\C(=N)C=Cc6ccccc65)cc4)cc3)cc2)cc1. The van der Waals surface area contributed by atoms with E-state index in [1.165, 1.54) is 0 Å². The van der Waals surface area contributed by atoms with Crippen LogP contribution in [0.5, 0.6) is 0 Å². The second-order valence-electron chi connectivity index (χ2n) is 15.3. The number of para-hydroxylation sites is 2. The smallest absolute Gasteiger partial charge is 0.116 e. The quantitative estimate of drug-likeness (QED) is 0.0975. The van der Waals surface area contributed by atoms with Gasteiger partial charge in [0.25, 0.3) is 0 Å². The lowest BCUT2D eigenvalue weighted by Gasteiger charge is -2.26. The third kappa shape index (κ3) is 8.14. The van der Waals surface area contributed by atoms with Gasteiger partial charge in [-0.2, -0.15) is 10.2 Å². The van der Waals surface area contributed by atoms with E-state index < -0.39 is 0 Å². The molecule has 306 valence electrons. The fourth-order valence-corrected chi connectivity index (χ4v) is 8.02. The summed E-state index contributed by atoms with van der Waals surface area (Å²) in [6.45, 7) is 0. The summed E-state index contributed by atoms with van der Waals surface area (Å²) in [7, 11) is 0. The Morgan fingerprint density at radius 3 is 1.00 bits per heavy atom. The zero-order valence-electron chi connectivity index (χ0n) is 34.7. The van der Waals surface area contributed by atoms with Crippen molar-refractivity contribution in [1.29, 1.82) is 10.8 Å². The molecule has 8 aromatic carbocycles. The summed E-state index contributed by atoms with van der Waals surface area (Å²) in [4.78, 5) is 4.48. The maximum atomic E-state index is 8.47. The van der Waals surface area contributed by atoms with Crippen LogP contribution in [0, 0.1) is 10.8 Å². The van der Waals surface area contributed by atoms with E-state index in [2.05, 4.69) is 152 Å². The molecule has 0 bridgehead atoms. The summed E-state index contributed by atoms with van der Waals surface area (Å²) in [6, 6.07) is 70.5. The van der Waals surface area contributed by atoms with Crippen LogP contribution in [0.4, 0.5) is 45.5 Å². The van der Waals surface area contributed by atoms with Gasteiger partial charge in [-0.05, 0) is 131 Å². The van der Waals surface area contributed by atoms with Gasteiger partial charge < -0.3 is 9.80 Å². The van der Waals surface area contributed by atoms with Crippen molar-refractivity contribution in [1.82, 2.24) is 0 Å². The highest BCUT2D eigenvalue weighted by molar-refractivity contribution is 6.54. The van der Waals surface area contributed by atoms with Gasteiger partial charge in [-0.15, -0.1) is 0 Å². The van der Waals surface area contributed by atoms with Crippen molar-refractivity contribution < 1.29 is 0 Å². The van der Waals surface area contributed by atoms with Crippen LogP contribution in [0.25, 0.3) is 23.3 Å². The van der Waals surface area contributed by atoms with E-state index in [4.69, 9.17) is 10.8 Å². The van der Waals surface area contributed by atoms with Gasteiger partial charge in [0.1, 0.15) is 11.4 Å². The molecule has 0 radical (unpaired) electrons. The van der Waals surface area contributed by atoms with Crippen molar-refractivity contribution in [2.75, 3.05) is 20.7 Å². The van der Waals surface area contributed by atoms with Crippen molar-refractivity contribution in [3.05, 3.63) is 241 Å². The number of anilines is 8. The third-order valence-electron chi connectivity index (χ3n) is 11.3. The monoisotopic (exact) mass is 826 g/mol. The lowest BCUT2D eigenvalue weighted by atomic mass is 9.94. The molecular formula is C56H42N8. The van der Waals surface area contributed by atoms with E-state index in [1.54, 1.807) is 12.2 Å². The Hall–Kier alpha value is -8.88. The van der Waals surface area contributed by atoms with Crippen molar-refractivity contribution in [3.8, 4) is 11.1 Å². The Morgan fingerprint density at radius 2 is 0.625 bits per heavy atom. The maximum Gasteiger partial charge on any atom is 0.116 e. The van der Waals surface area contributed by atoms with E-state index in [0.717, 1.165) is 78.9 Å². The highest BCUT2D eigenvalue weighted by atomic mass is 15.3. The number of hydrogen-bond donors (Lipinski definition) is 4. The Balaban J connectivity index is 0.874. The van der Waals surface area contributed by atoms with E-state index in [0.29, 0.717) is 22.8 Å². The molecule has 0 saturated heterocycles. The average molecular weight is 827 g/mol. The zero-order chi connectivity index (χ0) is 43.2. The normalized spacial score (nSPS) is 13.9. The summed E-state index contributed by atoms with van der Waals surface area (Å²) in [5.74, 6) is 0. The van der Waals surface area contributed by atoms with Crippen LogP contribution in [-0.2, 0) is 0 Å². The minimum absolute atomic E-state index is 0.373. The van der Waals surface area contributed by atoms with Gasteiger partial charge in [-0.25, -0.2) is 0 Å². The summed E-state index contributed by atoms with van der Waals surface area (Å²) in [5, 5.41) is 26.2. The lowest BCUT2D eigenvalue weighted by molar-refractivity contribution is 1.27. The molecule has 0 fully saturated rings.